The van der Waals surface area contributed by atoms with Crippen molar-refractivity contribution < 1.29 is 0 Å². The molecule has 0 aliphatic heterocycles. The SMILES string of the molecule is CCCC(Nc1ccc(Cl)cc1C#N)c1cccs1. The Bertz CT molecular complexity index is 572. The Morgan fingerprint density at radius 1 is 1.42 bits per heavy atom. The minimum absolute atomic E-state index is 0.248. The highest BCUT2D eigenvalue weighted by Gasteiger charge is 2.13. The van der Waals surface area contributed by atoms with E-state index in [9.17, 15) is 5.26 Å². The van der Waals surface area contributed by atoms with Gasteiger partial charge in [0.2, 0.25) is 0 Å². The summed E-state index contributed by atoms with van der Waals surface area (Å²) in [4.78, 5) is 1.29. The fraction of sp³-hybridized carbons (Fsp3) is 0.267. The van der Waals surface area contributed by atoms with Crippen molar-refractivity contribution in [2.75, 3.05) is 5.32 Å². The van der Waals surface area contributed by atoms with Gasteiger partial charge >= 0.3 is 0 Å². The molecule has 1 atom stereocenters. The number of rotatable bonds is 5. The molecule has 0 saturated carbocycles. The van der Waals surface area contributed by atoms with Gasteiger partial charge in [0, 0.05) is 9.90 Å². The molecule has 0 aliphatic rings. The summed E-state index contributed by atoms with van der Waals surface area (Å²) in [5.41, 5.74) is 1.43. The average Bonchev–Trinajstić information content (AvgIpc) is 2.94. The smallest absolute Gasteiger partial charge is 0.101 e. The van der Waals surface area contributed by atoms with E-state index in [4.69, 9.17) is 11.6 Å². The van der Waals surface area contributed by atoms with Crippen LogP contribution < -0.4 is 5.32 Å². The first kappa shape index (κ1) is 13.9. The average molecular weight is 291 g/mol. The van der Waals surface area contributed by atoms with E-state index in [2.05, 4.69) is 35.8 Å². The van der Waals surface area contributed by atoms with E-state index in [1.54, 1.807) is 17.4 Å². The fourth-order valence-corrected chi connectivity index (χ4v) is 2.97. The number of nitrogens with one attached hydrogen (secondary N) is 1. The molecule has 0 saturated heterocycles. The largest absolute Gasteiger partial charge is 0.376 e. The van der Waals surface area contributed by atoms with Gasteiger partial charge in [-0.15, -0.1) is 11.3 Å². The summed E-state index contributed by atoms with van der Waals surface area (Å²) in [5, 5.41) is 15.3. The van der Waals surface area contributed by atoms with E-state index in [0.29, 0.717) is 10.6 Å². The first-order valence-electron chi connectivity index (χ1n) is 6.24. The summed E-state index contributed by atoms with van der Waals surface area (Å²) < 4.78 is 0. The minimum atomic E-state index is 0.248. The van der Waals surface area contributed by atoms with Crippen molar-refractivity contribution in [3.8, 4) is 6.07 Å². The second kappa shape index (κ2) is 6.60. The molecule has 2 aromatic rings. The lowest BCUT2D eigenvalue weighted by Crippen LogP contribution is -2.10. The second-order valence-electron chi connectivity index (χ2n) is 4.30. The standard InChI is InChI=1S/C15H15ClN2S/c1-2-4-14(15-5-3-8-19-15)18-13-7-6-12(16)9-11(13)10-17/h3,5-9,14,18H,2,4H2,1H3. The van der Waals surface area contributed by atoms with Gasteiger partial charge in [0.05, 0.1) is 17.3 Å². The van der Waals surface area contributed by atoms with Crippen LogP contribution in [0.1, 0.15) is 36.2 Å². The summed E-state index contributed by atoms with van der Waals surface area (Å²) in [6.07, 6.45) is 2.12. The predicted molar refractivity (Wildman–Crippen MR) is 81.8 cm³/mol. The van der Waals surface area contributed by atoms with Crippen LogP contribution in [0, 0.1) is 11.3 Å². The number of halogens is 1. The van der Waals surface area contributed by atoms with Gasteiger partial charge in [-0.3, -0.25) is 0 Å². The van der Waals surface area contributed by atoms with E-state index in [0.717, 1.165) is 18.5 Å². The van der Waals surface area contributed by atoms with E-state index in [-0.39, 0.29) is 6.04 Å². The summed E-state index contributed by atoms with van der Waals surface area (Å²) in [5.74, 6) is 0. The van der Waals surface area contributed by atoms with Gasteiger partial charge in [-0.05, 0) is 36.1 Å². The molecule has 98 valence electrons. The molecule has 4 heteroatoms. The first-order chi connectivity index (χ1) is 9.24. The van der Waals surface area contributed by atoms with Crippen LogP contribution in [0.25, 0.3) is 0 Å². The lowest BCUT2D eigenvalue weighted by Gasteiger charge is -2.19. The van der Waals surface area contributed by atoms with Crippen molar-refractivity contribution in [1.82, 2.24) is 0 Å². The van der Waals surface area contributed by atoms with Gasteiger partial charge in [-0.25, -0.2) is 0 Å². The molecule has 1 aromatic heterocycles. The number of benzene rings is 1. The molecule has 0 bridgehead atoms. The molecule has 1 heterocycles. The maximum absolute atomic E-state index is 9.17. The Kier molecular flexibility index (Phi) is 4.84. The Hall–Kier alpha value is -1.50. The molecule has 0 spiro atoms. The fourth-order valence-electron chi connectivity index (χ4n) is 1.99. The second-order valence-corrected chi connectivity index (χ2v) is 5.72. The van der Waals surface area contributed by atoms with Crippen LogP contribution in [0.15, 0.2) is 35.7 Å². The molecule has 1 N–H and O–H groups in total. The summed E-state index contributed by atoms with van der Waals surface area (Å²) in [6, 6.07) is 12.0. The number of hydrogen-bond donors (Lipinski definition) is 1. The topological polar surface area (TPSA) is 35.8 Å². The van der Waals surface area contributed by atoms with Crippen LogP contribution >= 0.6 is 22.9 Å². The van der Waals surface area contributed by atoms with Crippen molar-refractivity contribution in [2.45, 2.75) is 25.8 Å². The highest BCUT2D eigenvalue weighted by atomic mass is 35.5. The van der Waals surface area contributed by atoms with Crippen molar-refractivity contribution in [2.24, 2.45) is 0 Å². The number of nitriles is 1. The van der Waals surface area contributed by atoms with Crippen LogP contribution in [0.5, 0.6) is 0 Å². The molecule has 2 rings (SSSR count). The Balaban J connectivity index is 2.25. The monoisotopic (exact) mass is 290 g/mol. The Labute approximate surface area is 122 Å². The van der Waals surface area contributed by atoms with Crippen molar-refractivity contribution in [3.63, 3.8) is 0 Å². The van der Waals surface area contributed by atoms with Crippen LogP contribution in [-0.4, -0.2) is 0 Å². The molecule has 19 heavy (non-hydrogen) atoms. The molecule has 0 aliphatic carbocycles. The zero-order valence-corrected chi connectivity index (χ0v) is 12.3. The van der Waals surface area contributed by atoms with Crippen LogP contribution in [0.3, 0.4) is 0 Å². The molecule has 2 nitrogen and oxygen atoms in total. The number of nitrogens with zero attached hydrogens (tertiary/aromatic N) is 1. The molecular formula is C15H15ClN2S. The van der Waals surface area contributed by atoms with Gasteiger partial charge in [-0.2, -0.15) is 5.26 Å². The van der Waals surface area contributed by atoms with Gasteiger partial charge in [0.1, 0.15) is 6.07 Å². The van der Waals surface area contributed by atoms with Gasteiger partial charge in [0.25, 0.3) is 0 Å². The number of hydrogen-bond acceptors (Lipinski definition) is 3. The van der Waals surface area contributed by atoms with Crippen LogP contribution in [-0.2, 0) is 0 Å². The molecule has 0 radical (unpaired) electrons. The third-order valence-corrected chi connectivity index (χ3v) is 4.12. The maximum atomic E-state index is 9.17. The third kappa shape index (κ3) is 3.50. The zero-order valence-electron chi connectivity index (χ0n) is 10.7. The highest BCUT2D eigenvalue weighted by Crippen LogP contribution is 2.29. The molecular weight excluding hydrogens is 276 g/mol. The molecule has 0 amide bonds. The predicted octanol–water partition coefficient (Wildman–Crippen LogP) is 5.23. The third-order valence-electron chi connectivity index (χ3n) is 2.90. The van der Waals surface area contributed by atoms with Crippen LogP contribution in [0.2, 0.25) is 5.02 Å². The van der Waals surface area contributed by atoms with Gasteiger partial charge < -0.3 is 5.32 Å². The van der Waals surface area contributed by atoms with E-state index in [1.807, 2.05) is 12.1 Å². The summed E-state index contributed by atoms with van der Waals surface area (Å²) >= 11 is 7.65. The van der Waals surface area contributed by atoms with E-state index < -0.39 is 0 Å². The number of anilines is 1. The van der Waals surface area contributed by atoms with Crippen LogP contribution in [0.4, 0.5) is 5.69 Å². The Morgan fingerprint density at radius 3 is 2.89 bits per heavy atom. The molecule has 1 unspecified atom stereocenters. The van der Waals surface area contributed by atoms with E-state index >= 15 is 0 Å². The van der Waals surface area contributed by atoms with Gasteiger partial charge in [0.15, 0.2) is 0 Å². The van der Waals surface area contributed by atoms with Crippen molar-refractivity contribution in [3.05, 3.63) is 51.2 Å². The lowest BCUT2D eigenvalue weighted by molar-refractivity contribution is 0.687. The van der Waals surface area contributed by atoms with Crippen molar-refractivity contribution >= 4 is 28.6 Å². The van der Waals surface area contributed by atoms with E-state index in [1.165, 1.54) is 4.88 Å². The summed E-state index contributed by atoms with van der Waals surface area (Å²) in [7, 11) is 0. The highest BCUT2D eigenvalue weighted by molar-refractivity contribution is 7.10. The molecule has 1 aromatic carbocycles. The Morgan fingerprint density at radius 2 is 2.26 bits per heavy atom. The van der Waals surface area contributed by atoms with Gasteiger partial charge in [-0.1, -0.05) is 31.0 Å². The summed E-state index contributed by atoms with van der Waals surface area (Å²) in [6.45, 7) is 2.16. The number of thiophene rings is 1. The zero-order chi connectivity index (χ0) is 13.7. The minimum Gasteiger partial charge on any atom is -0.376 e. The normalized spacial score (nSPS) is 11.8. The van der Waals surface area contributed by atoms with Crippen molar-refractivity contribution in [1.29, 1.82) is 5.26 Å². The molecule has 0 fully saturated rings. The maximum Gasteiger partial charge on any atom is 0.101 e. The lowest BCUT2D eigenvalue weighted by atomic mass is 10.1. The quantitative estimate of drug-likeness (QED) is 0.819. The first-order valence-corrected chi connectivity index (χ1v) is 7.50.